The molecule has 0 spiro atoms. The molecule has 0 radical (unpaired) electrons. The molecule has 0 saturated heterocycles. The quantitative estimate of drug-likeness (QED) is 0.309. The van der Waals surface area contributed by atoms with Gasteiger partial charge in [-0.2, -0.15) is 13.2 Å². The molecule has 3 aromatic rings. The van der Waals surface area contributed by atoms with Crippen LogP contribution in [-0.2, 0) is 11.0 Å². The fraction of sp³-hybridized carbons (Fsp3) is 0.481. The standard InChI is InChI=1S/C27H29F4N5O4/c1-13-22(26(39)35-16-5-6-19(18(28)9-16)36-21(38)10-37)24-25(34-13)23(32-12-33-24)17-8-15(27(29,30)31)4-7-20(17)40-11-14-2-3-14/h4,7-8,12,14,16,18-19,34,37H,2-3,5-6,9-11H2,1H3,(H,35,39)(H,36,38)/t16-,18+,19-/m0/s1. The molecule has 0 aliphatic heterocycles. The SMILES string of the molecule is Cc1[nH]c2c(-c3cc(C(F)(F)F)ccc3OCC3CC3)ncnc2c1C(=O)N[C@H]1CC[C@H](NC(=O)CO)[C@H](F)C1. The van der Waals surface area contributed by atoms with E-state index in [1.807, 2.05) is 0 Å². The van der Waals surface area contributed by atoms with Crippen LogP contribution in [0.2, 0.25) is 0 Å². The minimum Gasteiger partial charge on any atom is -0.493 e. The molecule has 2 aromatic heterocycles. The van der Waals surface area contributed by atoms with Crippen molar-refractivity contribution >= 4 is 22.8 Å². The van der Waals surface area contributed by atoms with Gasteiger partial charge in [0.2, 0.25) is 5.91 Å². The highest BCUT2D eigenvalue weighted by atomic mass is 19.4. The first-order valence-corrected chi connectivity index (χ1v) is 13.1. The van der Waals surface area contributed by atoms with E-state index in [2.05, 4.69) is 25.6 Å². The van der Waals surface area contributed by atoms with E-state index in [-0.39, 0.29) is 46.4 Å². The van der Waals surface area contributed by atoms with Gasteiger partial charge < -0.3 is 25.5 Å². The van der Waals surface area contributed by atoms with Crippen LogP contribution in [-0.4, -0.2) is 63.3 Å². The van der Waals surface area contributed by atoms with Crippen LogP contribution in [0.4, 0.5) is 17.6 Å². The normalized spacial score (nSPS) is 21.3. The Morgan fingerprint density at radius 3 is 2.60 bits per heavy atom. The van der Waals surface area contributed by atoms with Gasteiger partial charge in [-0.25, -0.2) is 14.4 Å². The second-order valence-electron chi connectivity index (χ2n) is 10.4. The number of ether oxygens (including phenoxy) is 1. The molecule has 2 heterocycles. The zero-order chi connectivity index (χ0) is 28.6. The Morgan fingerprint density at radius 2 is 1.93 bits per heavy atom. The van der Waals surface area contributed by atoms with Gasteiger partial charge in [0.1, 0.15) is 36.1 Å². The van der Waals surface area contributed by atoms with E-state index in [0.29, 0.717) is 24.6 Å². The Morgan fingerprint density at radius 1 is 1.15 bits per heavy atom. The molecule has 40 heavy (non-hydrogen) atoms. The number of hydrogen-bond donors (Lipinski definition) is 4. The highest BCUT2D eigenvalue weighted by Crippen LogP contribution is 2.40. The number of aryl methyl sites for hydroxylation is 1. The van der Waals surface area contributed by atoms with Crippen molar-refractivity contribution in [3.8, 4) is 17.0 Å². The van der Waals surface area contributed by atoms with E-state index in [1.165, 1.54) is 12.4 Å². The molecule has 2 saturated carbocycles. The maximum absolute atomic E-state index is 14.7. The maximum Gasteiger partial charge on any atom is 0.416 e. The zero-order valence-corrected chi connectivity index (χ0v) is 21.6. The first kappa shape index (κ1) is 27.8. The number of aliphatic hydroxyl groups is 1. The average molecular weight is 564 g/mol. The van der Waals surface area contributed by atoms with Crippen LogP contribution in [0.1, 0.15) is 53.7 Å². The van der Waals surface area contributed by atoms with Gasteiger partial charge in [-0.05, 0) is 56.7 Å². The predicted molar refractivity (Wildman–Crippen MR) is 136 cm³/mol. The molecule has 13 heteroatoms. The molecule has 4 N–H and O–H groups in total. The number of benzene rings is 1. The molecule has 1 aromatic carbocycles. The highest BCUT2D eigenvalue weighted by Gasteiger charge is 2.34. The second kappa shape index (κ2) is 11.0. The monoisotopic (exact) mass is 563 g/mol. The molecule has 2 fully saturated rings. The molecule has 2 amide bonds. The lowest BCUT2D eigenvalue weighted by atomic mass is 9.89. The average Bonchev–Trinajstić information content (AvgIpc) is 3.67. The van der Waals surface area contributed by atoms with Crippen molar-refractivity contribution in [1.29, 1.82) is 0 Å². The van der Waals surface area contributed by atoms with Crippen molar-refractivity contribution in [1.82, 2.24) is 25.6 Å². The molecular weight excluding hydrogens is 534 g/mol. The molecule has 0 unspecified atom stereocenters. The van der Waals surface area contributed by atoms with Crippen molar-refractivity contribution in [2.45, 2.75) is 63.5 Å². The number of aromatic nitrogens is 3. The van der Waals surface area contributed by atoms with Gasteiger partial charge in [-0.3, -0.25) is 9.59 Å². The van der Waals surface area contributed by atoms with Crippen LogP contribution in [0.15, 0.2) is 24.5 Å². The molecule has 0 bridgehead atoms. The largest absolute Gasteiger partial charge is 0.493 e. The lowest BCUT2D eigenvalue weighted by Crippen LogP contribution is -2.50. The van der Waals surface area contributed by atoms with Crippen LogP contribution < -0.4 is 15.4 Å². The van der Waals surface area contributed by atoms with Gasteiger partial charge >= 0.3 is 6.18 Å². The van der Waals surface area contributed by atoms with E-state index in [9.17, 15) is 27.2 Å². The number of fused-ring (bicyclic) bond motifs is 1. The Labute approximate surface area is 226 Å². The summed E-state index contributed by atoms with van der Waals surface area (Å²) in [6.45, 7) is 1.28. The zero-order valence-electron chi connectivity index (χ0n) is 21.6. The van der Waals surface area contributed by atoms with Gasteiger partial charge in [0, 0.05) is 23.7 Å². The van der Waals surface area contributed by atoms with Gasteiger partial charge in [0.25, 0.3) is 5.91 Å². The third kappa shape index (κ3) is 5.88. The van der Waals surface area contributed by atoms with Crippen LogP contribution in [0.5, 0.6) is 5.75 Å². The molecule has 5 rings (SSSR count). The Hall–Kier alpha value is -3.74. The van der Waals surface area contributed by atoms with E-state index in [1.54, 1.807) is 6.92 Å². The van der Waals surface area contributed by atoms with Crippen molar-refractivity contribution in [2.75, 3.05) is 13.2 Å². The van der Waals surface area contributed by atoms with Crippen molar-refractivity contribution in [2.24, 2.45) is 5.92 Å². The van der Waals surface area contributed by atoms with Crippen LogP contribution in [0, 0.1) is 12.8 Å². The van der Waals surface area contributed by atoms with Crippen LogP contribution in [0.25, 0.3) is 22.3 Å². The fourth-order valence-electron chi connectivity index (χ4n) is 5.03. The fourth-order valence-corrected chi connectivity index (χ4v) is 5.03. The number of hydrogen-bond acceptors (Lipinski definition) is 6. The number of rotatable bonds is 8. The van der Waals surface area contributed by atoms with E-state index < -0.39 is 48.4 Å². The topological polar surface area (TPSA) is 129 Å². The molecule has 2 aliphatic rings. The lowest BCUT2D eigenvalue weighted by Gasteiger charge is -2.32. The lowest BCUT2D eigenvalue weighted by molar-refractivity contribution is -0.137. The van der Waals surface area contributed by atoms with Gasteiger partial charge in [0.15, 0.2) is 0 Å². The molecule has 214 valence electrons. The van der Waals surface area contributed by atoms with Gasteiger partial charge in [0.05, 0.1) is 29.3 Å². The summed E-state index contributed by atoms with van der Waals surface area (Å²) in [6, 6.07) is 1.97. The van der Waals surface area contributed by atoms with Crippen molar-refractivity contribution < 1.29 is 37.0 Å². The summed E-state index contributed by atoms with van der Waals surface area (Å²) in [6.07, 6.45) is -2.17. The number of nitrogens with zero attached hydrogens (tertiary/aromatic N) is 2. The summed E-state index contributed by atoms with van der Waals surface area (Å²) < 4.78 is 61.3. The van der Waals surface area contributed by atoms with E-state index >= 15 is 0 Å². The molecule has 9 nitrogen and oxygen atoms in total. The number of amides is 2. The number of aromatic amines is 1. The number of H-pyrrole nitrogens is 1. The summed E-state index contributed by atoms with van der Waals surface area (Å²) in [5.41, 5.74) is 0.513. The molecule has 2 aliphatic carbocycles. The Bertz CT molecular complexity index is 1420. The molecular formula is C27H29F4N5O4. The Kier molecular flexibility index (Phi) is 7.67. The summed E-state index contributed by atoms with van der Waals surface area (Å²) >= 11 is 0. The van der Waals surface area contributed by atoms with Gasteiger partial charge in [-0.1, -0.05) is 0 Å². The van der Waals surface area contributed by atoms with E-state index in [0.717, 1.165) is 25.0 Å². The van der Waals surface area contributed by atoms with Crippen LogP contribution >= 0.6 is 0 Å². The maximum atomic E-state index is 14.7. The number of halogens is 4. The predicted octanol–water partition coefficient (Wildman–Crippen LogP) is 3.84. The second-order valence-corrected chi connectivity index (χ2v) is 10.4. The first-order chi connectivity index (χ1) is 19.0. The number of carbonyl (C=O) groups is 2. The first-order valence-electron chi connectivity index (χ1n) is 13.1. The summed E-state index contributed by atoms with van der Waals surface area (Å²) in [7, 11) is 0. The Balaban J connectivity index is 1.43. The van der Waals surface area contributed by atoms with E-state index in [4.69, 9.17) is 9.84 Å². The van der Waals surface area contributed by atoms with Crippen molar-refractivity contribution in [3.63, 3.8) is 0 Å². The third-order valence-corrected chi connectivity index (χ3v) is 7.33. The van der Waals surface area contributed by atoms with Crippen molar-refractivity contribution in [3.05, 3.63) is 41.3 Å². The number of alkyl halides is 4. The summed E-state index contributed by atoms with van der Waals surface area (Å²) in [4.78, 5) is 36.3. The molecule has 3 atom stereocenters. The highest BCUT2D eigenvalue weighted by molar-refractivity contribution is 6.09. The number of aliphatic hydroxyl groups excluding tert-OH is 1. The minimum atomic E-state index is -4.58. The third-order valence-electron chi connectivity index (χ3n) is 7.33. The number of nitrogens with one attached hydrogen (secondary N) is 3. The van der Waals surface area contributed by atoms with Crippen LogP contribution in [0.3, 0.4) is 0 Å². The summed E-state index contributed by atoms with van der Waals surface area (Å²) in [5, 5.41) is 14.1. The van der Waals surface area contributed by atoms with Gasteiger partial charge in [-0.15, -0.1) is 0 Å². The number of carbonyl (C=O) groups excluding carboxylic acids is 2. The minimum absolute atomic E-state index is 0.0321. The smallest absolute Gasteiger partial charge is 0.416 e. The summed E-state index contributed by atoms with van der Waals surface area (Å²) in [5.74, 6) is -0.565.